The number of aliphatic hydroxyl groups is 10. The summed E-state index contributed by atoms with van der Waals surface area (Å²) < 4.78 is 11.5. The Balaban J connectivity index is 4.78. The number of unbranched alkanes of at least 4 members (excludes halogenated alkanes) is 23. The predicted molar refractivity (Wildman–Crippen MR) is 248 cm³/mol. The van der Waals surface area contributed by atoms with Crippen LogP contribution in [0.5, 0.6) is 0 Å². The van der Waals surface area contributed by atoms with E-state index in [9.17, 15) is 51.1 Å². The molecule has 14 nitrogen and oxygen atoms in total. The van der Waals surface area contributed by atoms with E-state index in [1.54, 1.807) is 0 Å². The first-order chi connectivity index (χ1) is 30.0. The molecule has 0 spiro atoms. The van der Waals surface area contributed by atoms with Crippen LogP contribution in [0.15, 0.2) is 0 Å². The summed E-state index contributed by atoms with van der Waals surface area (Å²) in [5, 5.41) is 102. The molecular formula is C48H100N2O12. The number of nitrogens with zero attached hydrogens (tertiary/aromatic N) is 2. The third-order valence-corrected chi connectivity index (χ3v) is 11.9. The molecule has 0 heterocycles. The fraction of sp³-hybridized carbons (Fsp3) is 1.00. The maximum absolute atomic E-state index is 10.8. The van der Waals surface area contributed by atoms with Crippen molar-refractivity contribution in [2.24, 2.45) is 0 Å². The van der Waals surface area contributed by atoms with Crippen molar-refractivity contribution in [2.75, 3.05) is 78.9 Å². The van der Waals surface area contributed by atoms with Crippen molar-refractivity contribution >= 4 is 0 Å². The van der Waals surface area contributed by atoms with Crippen LogP contribution in [0, 0.1) is 0 Å². The highest BCUT2D eigenvalue weighted by molar-refractivity contribution is 4.80. The average Bonchev–Trinajstić information content (AvgIpc) is 3.26. The normalized spacial score (nSPS) is 16.2. The second-order valence-corrected chi connectivity index (χ2v) is 18.1. The minimum atomic E-state index is -1.54. The Hall–Kier alpha value is -0.560. The molecule has 8 atom stereocenters. The van der Waals surface area contributed by atoms with Crippen LogP contribution in [0.3, 0.4) is 0 Å². The Morgan fingerprint density at radius 2 is 0.613 bits per heavy atom. The summed E-state index contributed by atoms with van der Waals surface area (Å²) in [6.45, 7) is 5.89. The van der Waals surface area contributed by atoms with Gasteiger partial charge < -0.3 is 60.5 Å². The standard InChI is InChI=1S/C48H100N2O12/c1-3-5-7-9-11-13-15-17-19-23-27-31-61-39-41(53)33-49(35-43(55)47(59)45(57)37-51)29-25-21-22-26-30-50(36-44(56)48(60)46(58)38-52)34-42(54)40-62-32-28-24-20-18-16-14-12-10-8-6-4-2/h41-48,51-60H,3-40H2,1-2H3. The highest BCUT2D eigenvalue weighted by Gasteiger charge is 2.28. The number of aliphatic hydroxyl groups excluding tert-OH is 10. The monoisotopic (exact) mass is 897 g/mol. The minimum absolute atomic E-state index is 0.0131. The van der Waals surface area contributed by atoms with E-state index in [1.165, 1.54) is 116 Å². The van der Waals surface area contributed by atoms with Crippen LogP contribution in [0.2, 0.25) is 0 Å². The maximum Gasteiger partial charge on any atom is 0.109 e. The molecule has 8 unspecified atom stereocenters. The lowest BCUT2D eigenvalue weighted by atomic mass is 10.1. The second kappa shape index (κ2) is 44.3. The fourth-order valence-corrected chi connectivity index (χ4v) is 7.89. The molecule has 0 aromatic carbocycles. The molecule has 0 saturated heterocycles. The van der Waals surface area contributed by atoms with Gasteiger partial charge in [0.15, 0.2) is 0 Å². The van der Waals surface area contributed by atoms with Crippen LogP contribution in [-0.2, 0) is 9.47 Å². The van der Waals surface area contributed by atoms with Gasteiger partial charge in [0.25, 0.3) is 0 Å². The molecule has 0 rings (SSSR count). The van der Waals surface area contributed by atoms with Gasteiger partial charge in [-0.2, -0.15) is 0 Å². The van der Waals surface area contributed by atoms with Crippen molar-refractivity contribution in [3.8, 4) is 0 Å². The fourth-order valence-electron chi connectivity index (χ4n) is 7.89. The number of rotatable bonds is 49. The van der Waals surface area contributed by atoms with Crippen LogP contribution < -0.4 is 0 Å². The van der Waals surface area contributed by atoms with Crippen molar-refractivity contribution in [1.82, 2.24) is 9.80 Å². The van der Waals surface area contributed by atoms with Gasteiger partial charge in [-0.05, 0) is 38.8 Å². The van der Waals surface area contributed by atoms with E-state index in [0.717, 1.165) is 38.5 Å². The van der Waals surface area contributed by atoms with Gasteiger partial charge in [-0.3, -0.25) is 9.80 Å². The zero-order chi connectivity index (χ0) is 46.1. The Morgan fingerprint density at radius 3 is 0.903 bits per heavy atom. The quantitative estimate of drug-likeness (QED) is 0.0375. The van der Waals surface area contributed by atoms with E-state index >= 15 is 0 Å². The maximum atomic E-state index is 10.8. The van der Waals surface area contributed by atoms with E-state index < -0.39 is 62.0 Å². The molecule has 10 N–H and O–H groups in total. The van der Waals surface area contributed by atoms with Crippen LogP contribution in [0.25, 0.3) is 0 Å². The molecule has 0 radical (unpaired) electrons. The van der Waals surface area contributed by atoms with Gasteiger partial charge in [0.05, 0.1) is 50.8 Å². The van der Waals surface area contributed by atoms with Gasteiger partial charge in [0, 0.05) is 39.4 Å². The minimum Gasteiger partial charge on any atom is -0.394 e. The first-order valence-corrected chi connectivity index (χ1v) is 25.3. The second-order valence-electron chi connectivity index (χ2n) is 18.1. The van der Waals surface area contributed by atoms with Crippen molar-refractivity contribution in [3.05, 3.63) is 0 Å². The molecule has 0 aliphatic carbocycles. The lowest BCUT2D eigenvalue weighted by molar-refractivity contribution is -0.0876. The molecule has 0 fully saturated rings. The van der Waals surface area contributed by atoms with E-state index in [4.69, 9.17) is 9.47 Å². The molecule has 0 amide bonds. The largest absolute Gasteiger partial charge is 0.394 e. The van der Waals surface area contributed by atoms with Gasteiger partial charge in [-0.1, -0.05) is 155 Å². The molecule has 14 heteroatoms. The van der Waals surface area contributed by atoms with Gasteiger partial charge in [-0.25, -0.2) is 0 Å². The Kier molecular flexibility index (Phi) is 43.9. The Bertz CT molecular complexity index is 844. The Morgan fingerprint density at radius 1 is 0.339 bits per heavy atom. The van der Waals surface area contributed by atoms with Gasteiger partial charge in [0.1, 0.15) is 24.4 Å². The molecule has 374 valence electrons. The third-order valence-electron chi connectivity index (χ3n) is 11.9. The van der Waals surface area contributed by atoms with Crippen molar-refractivity contribution < 1.29 is 60.5 Å². The summed E-state index contributed by atoms with van der Waals surface area (Å²) in [5.74, 6) is 0. The van der Waals surface area contributed by atoms with Gasteiger partial charge >= 0.3 is 0 Å². The van der Waals surface area contributed by atoms with Crippen LogP contribution >= 0.6 is 0 Å². The van der Waals surface area contributed by atoms with Crippen LogP contribution in [0.4, 0.5) is 0 Å². The zero-order valence-electron chi connectivity index (χ0n) is 39.7. The molecule has 0 bridgehead atoms. The summed E-state index contributed by atoms with van der Waals surface area (Å²) >= 11 is 0. The lowest BCUT2D eigenvalue weighted by Crippen LogP contribution is -2.48. The predicted octanol–water partition coefficient (Wildman–Crippen LogP) is 4.68. The van der Waals surface area contributed by atoms with E-state index in [1.807, 2.05) is 9.80 Å². The number of ether oxygens (including phenoxy) is 2. The summed E-state index contributed by atoms with van der Waals surface area (Å²) in [6, 6.07) is 0. The summed E-state index contributed by atoms with van der Waals surface area (Å²) in [4.78, 5) is 3.66. The first kappa shape index (κ1) is 61.4. The van der Waals surface area contributed by atoms with Gasteiger partial charge in [0.2, 0.25) is 0 Å². The SMILES string of the molecule is CCCCCCCCCCCCCOCC(O)CN(CCCCCCN(CC(O)COCCCCCCCCCCCCC)CC(O)C(O)C(O)CO)CC(O)C(O)C(O)CO. The van der Waals surface area contributed by atoms with E-state index in [0.29, 0.717) is 39.1 Å². The molecule has 62 heavy (non-hydrogen) atoms. The lowest BCUT2D eigenvalue weighted by Gasteiger charge is -2.30. The van der Waals surface area contributed by atoms with Crippen molar-refractivity contribution in [1.29, 1.82) is 0 Å². The highest BCUT2D eigenvalue weighted by Crippen LogP contribution is 2.14. The van der Waals surface area contributed by atoms with Crippen molar-refractivity contribution in [3.63, 3.8) is 0 Å². The molecule has 0 aliphatic heterocycles. The third kappa shape index (κ3) is 36.6. The molecule has 0 aromatic rings. The van der Waals surface area contributed by atoms with Gasteiger partial charge in [-0.15, -0.1) is 0 Å². The van der Waals surface area contributed by atoms with Crippen LogP contribution in [0.1, 0.15) is 181 Å². The zero-order valence-corrected chi connectivity index (χ0v) is 39.7. The smallest absolute Gasteiger partial charge is 0.109 e. The van der Waals surface area contributed by atoms with Crippen molar-refractivity contribution in [2.45, 2.75) is 230 Å². The first-order valence-electron chi connectivity index (χ1n) is 25.3. The highest BCUT2D eigenvalue weighted by atomic mass is 16.5. The van der Waals surface area contributed by atoms with E-state index in [-0.39, 0.29) is 39.4 Å². The number of hydrogen-bond donors (Lipinski definition) is 10. The summed E-state index contributed by atoms with van der Waals surface area (Å²) in [5.41, 5.74) is 0. The summed E-state index contributed by atoms with van der Waals surface area (Å²) in [6.07, 6.45) is 20.0. The number of hydrogen-bond acceptors (Lipinski definition) is 14. The topological polar surface area (TPSA) is 227 Å². The average molecular weight is 897 g/mol. The molecule has 0 aliphatic rings. The summed E-state index contributed by atoms with van der Waals surface area (Å²) in [7, 11) is 0. The van der Waals surface area contributed by atoms with Crippen LogP contribution in [-0.4, -0.2) is 189 Å². The molecule has 0 saturated carbocycles. The molecular weight excluding hydrogens is 797 g/mol. The van der Waals surface area contributed by atoms with E-state index in [2.05, 4.69) is 13.8 Å². The Labute approximate surface area is 378 Å². The molecule has 0 aromatic heterocycles.